The summed E-state index contributed by atoms with van der Waals surface area (Å²) in [5.41, 5.74) is 5.01. The number of benzene rings is 4. The van der Waals surface area contributed by atoms with E-state index in [9.17, 15) is 9.59 Å². The van der Waals surface area contributed by atoms with Crippen LogP contribution in [0.15, 0.2) is 91.0 Å². The van der Waals surface area contributed by atoms with Gasteiger partial charge in [-0.05, 0) is 73.9 Å². The summed E-state index contributed by atoms with van der Waals surface area (Å²) >= 11 is 0. The molecular weight excluding hydrogens is 576 g/mol. The van der Waals surface area contributed by atoms with Gasteiger partial charge in [0.15, 0.2) is 0 Å². The summed E-state index contributed by atoms with van der Waals surface area (Å²) in [6, 6.07) is 28.5. The van der Waals surface area contributed by atoms with Gasteiger partial charge in [-0.15, -0.1) is 5.10 Å². The van der Waals surface area contributed by atoms with E-state index in [0.29, 0.717) is 22.5 Å². The number of rotatable bonds is 9. The monoisotopic (exact) mass is 614 g/mol. The number of anilines is 1. The fourth-order valence-electron chi connectivity index (χ4n) is 6.94. The zero-order valence-electron chi connectivity index (χ0n) is 26.2. The zero-order valence-corrected chi connectivity index (χ0v) is 26.2. The van der Waals surface area contributed by atoms with Crippen molar-refractivity contribution in [3.63, 3.8) is 0 Å². The molecule has 6 aromatic rings. The molecule has 2 heterocycles. The summed E-state index contributed by atoms with van der Waals surface area (Å²) in [5.74, 6) is 0.203. The minimum atomic E-state index is -0.924. The second kappa shape index (κ2) is 12.7. The molecule has 2 aromatic heterocycles. The molecule has 0 aliphatic heterocycles. The number of carbonyl (C=O) groups excluding carboxylic acids is 2. The molecule has 0 spiro atoms. The summed E-state index contributed by atoms with van der Waals surface area (Å²) in [5, 5.41) is 14.0. The molecule has 1 saturated carbocycles. The van der Waals surface area contributed by atoms with Crippen LogP contribution in [0, 0.1) is 0 Å². The highest BCUT2D eigenvalue weighted by molar-refractivity contribution is 6.11. The third kappa shape index (κ3) is 5.46. The predicted molar refractivity (Wildman–Crippen MR) is 181 cm³/mol. The lowest BCUT2D eigenvalue weighted by Gasteiger charge is -2.33. The van der Waals surface area contributed by atoms with Crippen molar-refractivity contribution >= 4 is 50.3 Å². The standard InChI is InChI=1S/C37H38N6O3/c1-3-41-32-15-9-7-13-29(32)30-23-27(19-22-33(30)41)43(35(44)24-42-34-16-10-8-14-31(34)39-40-42)36(25-17-20-28(46-2)21-18-25)37(45)38-26-11-5-4-6-12-26/h7-10,13-23,26,36H,3-6,11-12,24H2,1-2H3,(H,38,45)/t36-/m1/s1. The average molecular weight is 615 g/mol. The van der Waals surface area contributed by atoms with Gasteiger partial charge in [0, 0.05) is 40.1 Å². The molecule has 1 N–H and O–H groups in total. The molecule has 1 aliphatic carbocycles. The Bertz CT molecular complexity index is 2020. The Morgan fingerprint density at radius 1 is 0.891 bits per heavy atom. The first kappa shape index (κ1) is 29.5. The van der Waals surface area contributed by atoms with Crippen molar-refractivity contribution < 1.29 is 14.3 Å². The van der Waals surface area contributed by atoms with Crippen LogP contribution in [-0.4, -0.2) is 44.5 Å². The number of para-hydroxylation sites is 2. The Labute approximate surface area is 267 Å². The number of hydrogen-bond acceptors (Lipinski definition) is 5. The van der Waals surface area contributed by atoms with E-state index in [1.54, 1.807) is 16.7 Å². The van der Waals surface area contributed by atoms with Crippen LogP contribution in [0.25, 0.3) is 32.8 Å². The highest BCUT2D eigenvalue weighted by Crippen LogP contribution is 2.36. The maximum atomic E-state index is 14.7. The molecule has 7 rings (SSSR count). The lowest BCUT2D eigenvalue weighted by atomic mass is 9.94. The number of amides is 2. The third-order valence-electron chi connectivity index (χ3n) is 9.21. The van der Waals surface area contributed by atoms with Crippen LogP contribution in [0.4, 0.5) is 5.69 Å². The van der Waals surface area contributed by atoms with Crippen molar-refractivity contribution in [2.75, 3.05) is 12.0 Å². The van der Waals surface area contributed by atoms with Crippen molar-refractivity contribution in [2.45, 2.75) is 64.2 Å². The summed E-state index contributed by atoms with van der Waals surface area (Å²) in [6.45, 7) is 2.86. The molecule has 0 unspecified atom stereocenters. The smallest absolute Gasteiger partial charge is 0.249 e. The number of hydrogen-bond donors (Lipinski definition) is 1. The van der Waals surface area contributed by atoms with Gasteiger partial charge in [-0.25, -0.2) is 4.68 Å². The molecule has 1 aliphatic rings. The van der Waals surface area contributed by atoms with Crippen LogP contribution in [-0.2, 0) is 22.7 Å². The average Bonchev–Trinajstić information content (AvgIpc) is 3.65. The highest BCUT2D eigenvalue weighted by atomic mass is 16.5. The Kier molecular flexibility index (Phi) is 8.13. The van der Waals surface area contributed by atoms with Crippen LogP contribution in [0.3, 0.4) is 0 Å². The summed E-state index contributed by atoms with van der Waals surface area (Å²) in [7, 11) is 1.61. The first-order valence-corrected chi connectivity index (χ1v) is 16.1. The molecule has 9 nitrogen and oxygen atoms in total. The maximum absolute atomic E-state index is 14.7. The molecule has 0 saturated heterocycles. The number of nitrogens with zero attached hydrogens (tertiary/aromatic N) is 5. The molecule has 0 radical (unpaired) electrons. The predicted octanol–water partition coefficient (Wildman–Crippen LogP) is 6.79. The van der Waals surface area contributed by atoms with Crippen LogP contribution in [0.1, 0.15) is 50.6 Å². The van der Waals surface area contributed by atoms with E-state index in [-0.39, 0.29) is 24.4 Å². The van der Waals surface area contributed by atoms with Gasteiger partial charge >= 0.3 is 0 Å². The number of methoxy groups -OCH3 is 1. The first-order valence-electron chi connectivity index (χ1n) is 16.1. The van der Waals surface area contributed by atoms with Gasteiger partial charge in [0.05, 0.1) is 12.6 Å². The number of ether oxygens (including phenoxy) is 1. The molecule has 46 heavy (non-hydrogen) atoms. The number of aryl methyl sites for hydroxylation is 1. The van der Waals surface area contributed by atoms with E-state index in [2.05, 4.69) is 45.3 Å². The quantitative estimate of drug-likeness (QED) is 0.194. The molecule has 0 bridgehead atoms. The van der Waals surface area contributed by atoms with Gasteiger partial charge < -0.3 is 14.6 Å². The second-order valence-corrected chi connectivity index (χ2v) is 12.0. The zero-order chi connectivity index (χ0) is 31.6. The lowest BCUT2D eigenvalue weighted by molar-refractivity contribution is -0.127. The van der Waals surface area contributed by atoms with Gasteiger partial charge in [-0.2, -0.15) is 0 Å². The minimum absolute atomic E-state index is 0.0724. The lowest BCUT2D eigenvalue weighted by Crippen LogP contribution is -2.48. The van der Waals surface area contributed by atoms with E-state index in [1.807, 2.05) is 72.8 Å². The van der Waals surface area contributed by atoms with Gasteiger partial charge in [-0.3, -0.25) is 14.5 Å². The molecule has 234 valence electrons. The first-order chi connectivity index (χ1) is 22.6. The van der Waals surface area contributed by atoms with Crippen molar-refractivity contribution in [1.29, 1.82) is 0 Å². The van der Waals surface area contributed by atoms with Crippen LogP contribution >= 0.6 is 0 Å². The minimum Gasteiger partial charge on any atom is -0.497 e. The molecule has 9 heteroatoms. The van der Waals surface area contributed by atoms with E-state index in [0.717, 1.165) is 59.6 Å². The second-order valence-electron chi connectivity index (χ2n) is 12.0. The number of nitrogens with one attached hydrogen (secondary N) is 1. The SMILES string of the molecule is CCn1c2ccccc2c2cc(N(C(=O)Cn3nnc4ccccc43)[C@@H](C(=O)NC3CCCCC3)c3ccc(OC)cc3)ccc21. The molecule has 4 aromatic carbocycles. The van der Waals surface area contributed by atoms with Crippen molar-refractivity contribution in [3.8, 4) is 5.75 Å². The Balaban J connectivity index is 1.38. The van der Waals surface area contributed by atoms with Gasteiger partial charge in [0.25, 0.3) is 0 Å². The van der Waals surface area contributed by atoms with Crippen LogP contribution < -0.4 is 15.0 Å². The van der Waals surface area contributed by atoms with Crippen molar-refractivity contribution in [1.82, 2.24) is 24.9 Å². The number of fused-ring (bicyclic) bond motifs is 4. The van der Waals surface area contributed by atoms with E-state index in [4.69, 9.17) is 4.74 Å². The van der Waals surface area contributed by atoms with Crippen LogP contribution in [0.5, 0.6) is 5.75 Å². The summed E-state index contributed by atoms with van der Waals surface area (Å²) in [4.78, 5) is 30.8. The van der Waals surface area contributed by atoms with E-state index < -0.39 is 6.04 Å². The molecule has 1 atom stereocenters. The van der Waals surface area contributed by atoms with Crippen molar-refractivity contribution in [2.24, 2.45) is 0 Å². The molecule has 1 fully saturated rings. The molecular formula is C37H38N6O3. The third-order valence-corrected chi connectivity index (χ3v) is 9.21. The van der Waals surface area contributed by atoms with Crippen LogP contribution in [0.2, 0.25) is 0 Å². The fourth-order valence-corrected chi connectivity index (χ4v) is 6.94. The topological polar surface area (TPSA) is 94.3 Å². The maximum Gasteiger partial charge on any atom is 0.249 e. The number of carbonyl (C=O) groups is 2. The largest absolute Gasteiger partial charge is 0.497 e. The molecule has 2 amide bonds. The van der Waals surface area contributed by atoms with Gasteiger partial charge in [0.1, 0.15) is 23.9 Å². The Morgan fingerprint density at radius 2 is 1.61 bits per heavy atom. The summed E-state index contributed by atoms with van der Waals surface area (Å²) in [6.07, 6.45) is 5.21. The number of aromatic nitrogens is 4. The van der Waals surface area contributed by atoms with E-state index >= 15 is 0 Å². The fraction of sp³-hybridized carbons (Fsp3) is 0.297. The highest BCUT2D eigenvalue weighted by Gasteiger charge is 2.35. The van der Waals surface area contributed by atoms with Gasteiger partial charge in [0.2, 0.25) is 11.8 Å². The Hall–Kier alpha value is -5.18. The summed E-state index contributed by atoms with van der Waals surface area (Å²) < 4.78 is 9.32. The van der Waals surface area contributed by atoms with Gasteiger partial charge in [-0.1, -0.05) is 66.9 Å². The Morgan fingerprint density at radius 3 is 2.37 bits per heavy atom. The normalized spacial score (nSPS) is 14.5. The van der Waals surface area contributed by atoms with E-state index in [1.165, 1.54) is 6.42 Å². The van der Waals surface area contributed by atoms with Crippen molar-refractivity contribution in [3.05, 3.63) is 96.6 Å².